The molecule has 1 aliphatic rings. The standard InChI is InChI=1S/C20H14ClF2N3O2/c1-20(16-14(22)5-2-6-15(16)23)18(27)26(19(28)25-20)10-12-13(21)8-7-11-4-3-9-24-17(11)12/h2-9H,10H2,1H3,(H,25,28)/t20-/m1/s1. The molecule has 1 N–H and O–H groups in total. The minimum absolute atomic E-state index is 0.177. The first-order chi connectivity index (χ1) is 13.3. The van der Waals surface area contributed by atoms with Crippen molar-refractivity contribution in [2.24, 2.45) is 0 Å². The van der Waals surface area contributed by atoms with Gasteiger partial charge in [-0.3, -0.25) is 14.7 Å². The van der Waals surface area contributed by atoms with Gasteiger partial charge in [0.15, 0.2) is 0 Å². The summed E-state index contributed by atoms with van der Waals surface area (Å²) in [4.78, 5) is 30.7. The molecule has 1 saturated heterocycles. The van der Waals surface area contributed by atoms with Crippen molar-refractivity contribution in [1.82, 2.24) is 15.2 Å². The zero-order chi connectivity index (χ0) is 20.1. The third-order valence-corrected chi connectivity index (χ3v) is 5.23. The van der Waals surface area contributed by atoms with Gasteiger partial charge in [0.1, 0.15) is 17.2 Å². The second kappa shape index (κ2) is 6.53. The van der Waals surface area contributed by atoms with E-state index in [2.05, 4.69) is 10.3 Å². The maximum atomic E-state index is 14.3. The zero-order valence-electron chi connectivity index (χ0n) is 14.7. The van der Waals surface area contributed by atoms with Crippen LogP contribution in [0.4, 0.5) is 13.6 Å². The van der Waals surface area contributed by atoms with E-state index in [1.165, 1.54) is 13.0 Å². The van der Waals surface area contributed by atoms with Crippen LogP contribution in [0.1, 0.15) is 18.1 Å². The number of aromatic nitrogens is 1. The lowest BCUT2D eigenvalue weighted by Gasteiger charge is -2.23. The minimum atomic E-state index is -1.86. The average molecular weight is 402 g/mol. The molecule has 28 heavy (non-hydrogen) atoms. The molecule has 3 aromatic rings. The van der Waals surface area contributed by atoms with E-state index < -0.39 is 34.7 Å². The van der Waals surface area contributed by atoms with Gasteiger partial charge in [-0.1, -0.05) is 29.8 Å². The van der Waals surface area contributed by atoms with E-state index in [-0.39, 0.29) is 6.54 Å². The summed E-state index contributed by atoms with van der Waals surface area (Å²) < 4.78 is 28.6. The number of benzene rings is 2. The number of urea groups is 1. The Bertz CT molecular complexity index is 1120. The fraction of sp³-hybridized carbons (Fsp3) is 0.150. The molecule has 0 aliphatic carbocycles. The highest BCUT2D eigenvalue weighted by Gasteiger charge is 2.51. The SMILES string of the molecule is C[C@]1(c2c(F)cccc2F)NC(=O)N(Cc2c(Cl)ccc3cccnc23)C1=O. The van der Waals surface area contributed by atoms with E-state index in [9.17, 15) is 18.4 Å². The van der Waals surface area contributed by atoms with Gasteiger partial charge in [0.25, 0.3) is 5.91 Å². The van der Waals surface area contributed by atoms with Gasteiger partial charge in [0.05, 0.1) is 17.6 Å². The van der Waals surface area contributed by atoms with Crippen LogP contribution >= 0.6 is 11.6 Å². The van der Waals surface area contributed by atoms with Crippen LogP contribution in [0, 0.1) is 11.6 Å². The summed E-state index contributed by atoms with van der Waals surface area (Å²) in [5.41, 5.74) is -1.35. The topological polar surface area (TPSA) is 62.3 Å². The Hall–Kier alpha value is -3.06. The van der Waals surface area contributed by atoms with Crippen LogP contribution in [0.25, 0.3) is 10.9 Å². The van der Waals surface area contributed by atoms with Crippen LogP contribution in [-0.2, 0) is 16.9 Å². The monoisotopic (exact) mass is 401 g/mol. The fourth-order valence-corrected chi connectivity index (χ4v) is 3.69. The summed E-state index contributed by atoms with van der Waals surface area (Å²) in [5.74, 6) is -2.60. The van der Waals surface area contributed by atoms with Crippen molar-refractivity contribution in [2.75, 3.05) is 0 Å². The molecule has 0 bridgehead atoms. The number of imide groups is 1. The van der Waals surface area contributed by atoms with Gasteiger partial charge in [-0.05, 0) is 31.2 Å². The Morgan fingerprint density at radius 3 is 2.54 bits per heavy atom. The molecule has 1 fully saturated rings. The summed E-state index contributed by atoms with van der Waals surface area (Å²) in [6, 6.07) is 9.51. The van der Waals surface area contributed by atoms with E-state index in [1.807, 2.05) is 6.07 Å². The first kappa shape index (κ1) is 18.3. The van der Waals surface area contributed by atoms with Crippen molar-refractivity contribution < 1.29 is 18.4 Å². The smallest absolute Gasteiger partial charge is 0.319 e. The molecule has 0 spiro atoms. The Kier molecular flexibility index (Phi) is 4.27. The van der Waals surface area contributed by atoms with Gasteiger partial charge in [0.2, 0.25) is 0 Å². The van der Waals surface area contributed by atoms with Crippen LogP contribution in [0.5, 0.6) is 0 Å². The molecule has 4 rings (SSSR count). The summed E-state index contributed by atoms with van der Waals surface area (Å²) in [6.45, 7) is 1.10. The van der Waals surface area contributed by atoms with Gasteiger partial charge >= 0.3 is 6.03 Å². The third kappa shape index (κ3) is 2.70. The number of hydrogen-bond donors (Lipinski definition) is 1. The Labute approximate surface area is 163 Å². The van der Waals surface area contributed by atoms with E-state index in [0.29, 0.717) is 16.1 Å². The highest BCUT2D eigenvalue weighted by molar-refractivity contribution is 6.32. The fourth-order valence-electron chi connectivity index (χ4n) is 3.48. The second-order valence-corrected chi connectivity index (χ2v) is 7.05. The number of hydrogen-bond acceptors (Lipinski definition) is 3. The maximum absolute atomic E-state index is 14.3. The van der Waals surface area contributed by atoms with E-state index in [0.717, 1.165) is 22.4 Å². The summed E-state index contributed by atoms with van der Waals surface area (Å²) >= 11 is 6.29. The van der Waals surface area contributed by atoms with Crippen molar-refractivity contribution in [3.8, 4) is 0 Å². The lowest BCUT2D eigenvalue weighted by Crippen LogP contribution is -2.42. The molecule has 1 aromatic heterocycles. The summed E-state index contributed by atoms with van der Waals surface area (Å²) in [6.07, 6.45) is 1.58. The number of carbonyl (C=O) groups is 2. The molecule has 0 radical (unpaired) electrons. The van der Waals surface area contributed by atoms with Crippen LogP contribution in [-0.4, -0.2) is 21.8 Å². The molecular formula is C20H14ClF2N3O2. The molecule has 3 amide bonds. The third-order valence-electron chi connectivity index (χ3n) is 4.88. The minimum Gasteiger partial charge on any atom is -0.319 e. The number of carbonyl (C=O) groups excluding carboxylic acids is 2. The molecule has 0 unspecified atom stereocenters. The number of fused-ring (bicyclic) bond motifs is 1. The van der Waals surface area contributed by atoms with Gasteiger partial charge in [-0.15, -0.1) is 0 Å². The Balaban J connectivity index is 1.77. The Morgan fingerprint density at radius 1 is 1.11 bits per heavy atom. The summed E-state index contributed by atoms with van der Waals surface area (Å²) in [5, 5.41) is 3.53. The molecule has 2 aromatic carbocycles. The second-order valence-electron chi connectivity index (χ2n) is 6.64. The van der Waals surface area contributed by atoms with E-state index >= 15 is 0 Å². The molecule has 0 saturated carbocycles. The van der Waals surface area contributed by atoms with Gasteiger partial charge in [-0.2, -0.15) is 0 Å². The molecule has 1 aliphatic heterocycles. The number of halogens is 3. The number of nitrogens with zero attached hydrogens (tertiary/aromatic N) is 2. The van der Waals surface area contributed by atoms with Crippen LogP contribution in [0.3, 0.4) is 0 Å². The van der Waals surface area contributed by atoms with E-state index in [1.54, 1.807) is 24.4 Å². The normalized spacial score (nSPS) is 19.4. The van der Waals surface area contributed by atoms with Crippen molar-refractivity contribution in [3.63, 3.8) is 0 Å². The molecule has 5 nitrogen and oxygen atoms in total. The molecule has 1 atom stereocenters. The van der Waals surface area contributed by atoms with Gasteiger partial charge < -0.3 is 5.32 Å². The van der Waals surface area contributed by atoms with Crippen molar-refractivity contribution in [2.45, 2.75) is 19.0 Å². The number of rotatable bonds is 3. The highest BCUT2D eigenvalue weighted by Crippen LogP contribution is 2.34. The predicted molar refractivity (Wildman–Crippen MR) is 99.5 cm³/mol. The zero-order valence-corrected chi connectivity index (χ0v) is 15.4. The van der Waals surface area contributed by atoms with E-state index in [4.69, 9.17) is 11.6 Å². The lowest BCUT2D eigenvalue weighted by molar-refractivity contribution is -0.131. The van der Waals surface area contributed by atoms with Crippen molar-refractivity contribution in [3.05, 3.63) is 76.4 Å². The maximum Gasteiger partial charge on any atom is 0.325 e. The number of amides is 3. The molecular weight excluding hydrogens is 388 g/mol. The summed E-state index contributed by atoms with van der Waals surface area (Å²) in [7, 11) is 0. The molecule has 8 heteroatoms. The largest absolute Gasteiger partial charge is 0.325 e. The molecule has 142 valence electrons. The van der Waals surface area contributed by atoms with Crippen LogP contribution < -0.4 is 5.32 Å². The lowest BCUT2D eigenvalue weighted by atomic mass is 9.91. The van der Waals surface area contributed by atoms with Crippen LogP contribution in [0.2, 0.25) is 5.02 Å². The predicted octanol–water partition coefficient (Wildman–Crippen LogP) is 4.13. The first-order valence-electron chi connectivity index (χ1n) is 8.43. The van der Waals surface area contributed by atoms with Crippen molar-refractivity contribution in [1.29, 1.82) is 0 Å². The molecule has 2 heterocycles. The number of nitrogens with one attached hydrogen (secondary N) is 1. The average Bonchev–Trinajstić information content (AvgIpc) is 2.87. The quantitative estimate of drug-likeness (QED) is 0.671. The van der Waals surface area contributed by atoms with Crippen LogP contribution in [0.15, 0.2) is 48.7 Å². The first-order valence-corrected chi connectivity index (χ1v) is 8.81. The number of pyridine rings is 1. The van der Waals surface area contributed by atoms with Gasteiger partial charge in [-0.25, -0.2) is 13.6 Å². The Morgan fingerprint density at radius 2 is 1.82 bits per heavy atom. The van der Waals surface area contributed by atoms with Gasteiger partial charge in [0, 0.05) is 22.2 Å². The van der Waals surface area contributed by atoms with Crippen molar-refractivity contribution >= 4 is 34.4 Å². The highest BCUT2D eigenvalue weighted by atomic mass is 35.5.